The lowest BCUT2D eigenvalue weighted by Crippen LogP contribution is -2.36. The molecule has 0 radical (unpaired) electrons. The molecule has 0 saturated heterocycles. The number of aromatic nitrogens is 2. The fraction of sp³-hybridized carbons (Fsp3) is 0.571. The van der Waals surface area contributed by atoms with Crippen LogP contribution < -0.4 is 16.0 Å². The third-order valence-electron chi connectivity index (χ3n) is 5.05. The minimum Gasteiger partial charge on any atom is -0.381 e. The molecule has 1 aliphatic carbocycles. The van der Waals surface area contributed by atoms with Crippen LogP contribution in [0.1, 0.15) is 55.2 Å². The molecule has 0 spiro atoms. The van der Waals surface area contributed by atoms with Gasteiger partial charge in [0.1, 0.15) is 5.82 Å². The van der Waals surface area contributed by atoms with E-state index < -0.39 is 0 Å². The molecule has 0 aliphatic heterocycles. The maximum absolute atomic E-state index is 9.05. The number of aliphatic hydroxyl groups is 1. The Labute approximate surface area is 168 Å². The van der Waals surface area contributed by atoms with E-state index in [0.29, 0.717) is 37.2 Å². The van der Waals surface area contributed by atoms with E-state index in [0.717, 1.165) is 11.3 Å². The Morgan fingerprint density at radius 2 is 2.14 bits per heavy atom. The molecule has 1 aliphatic rings. The van der Waals surface area contributed by atoms with E-state index in [1.54, 1.807) is 6.08 Å². The van der Waals surface area contributed by atoms with Crippen molar-refractivity contribution in [3.8, 4) is 12.3 Å². The van der Waals surface area contributed by atoms with E-state index >= 15 is 0 Å². The van der Waals surface area contributed by atoms with E-state index in [4.69, 9.17) is 16.5 Å². The molecule has 1 unspecified atom stereocenters. The summed E-state index contributed by atoms with van der Waals surface area (Å²) >= 11 is 0. The third-order valence-corrected chi connectivity index (χ3v) is 5.05. The van der Waals surface area contributed by atoms with E-state index in [9.17, 15) is 0 Å². The Morgan fingerprint density at radius 1 is 1.36 bits per heavy atom. The largest absolute Gasteiger partial charge is 0.381 e. The summed E-state index contributed by atoms with van der Waals surface area (Å²) < 4.78 is 0. The molecule has 152 valence electrons. The highest BCUT2D eigenvalue weighted by molar-refractivity contribution is 5.50. The lowest BCUT2D eigenvalue weighted by atomic mass is 9.80. The number of allylic oxidation sites excluding steroid dienone is 2. The van der Waals surface area contributed by atoms with Gasteiger partial charge in [0.2, 0.25) is 0 Å². The Balaban J connectivity index is 2.49. The first-order valence-electron chi connectivity index (χ1n) is 9.92. The molecule has 0 bridgehead atoms. The van der Waals surface area contributed by atoms with Crippen molar-refractivity contribution in [3.05, 3.63) is 29.2 Å². The second kappa shape index (κ2) is 12.4. The van der Waals surface area contributed by atoms with Gasteiger partial charge in [0.05, 0.1) is 19.0 Å². The minimum atomic E-state index is -0.136. The second-order valence-electron chi connectivity index (χ2n) is 6.95. The zero-order chi connectivity index (χ0) is 20.2. The summed E-state index contributed by atoms with van der Waals surface area (Å²) in [5, 5.41) is 18.7. The smallest absolute Gasteiger partial charge is 0.160 e. The summed E-state index contributed by atoms with van der Waals surface area (Å²) in [7, 11) is 1.92. The number of rotatable bonds is 11. The van der Waals surface area contributed by atoms with Crippen LogP contribution in [0.15, 0.2) is 17.1 Å². The van der Waals surface area contributed by atoms with Crippen LogP contribution in [0.4, 0.5) is 5.82 Å². The summed E-state index contributed by atoms with van der Waals surface area (Å²) in [6.07, 6.45) is 15.7. The van der Waals surface area contributed by atoms with Crippen LogP contribution in [0.5, 0.6) is 0 Å². The van der Waals surface area contributed by atoms with Crippen LogP contribution in [0.3, 0.4) is 0 Å². The van der Waals surface area contributed by atoms with Gasteiger partial charge < -0.3 is 10.4 Å². The second-order valence-corrected chi connectivity index (χ2v) is 6.95. The summed E-state index contributed by atoms with van der Waals surface area (Å²) in [4.78, 5) is 13.6. The highest BCUT2D eigenvalue weighted by Gasteiger charge is 2.30. The first kappa shape index (κ1) is 22.2. The molecule has 2 rings (SSSR count). The molecule has 1 aromatic heterocycles. The normalized spacial score (nSPS) is 16.2. The summed E-state index contributed by atoms with van der Waals surface area (Å²) in [5.74, 6) is 4.22. The molecule has 1 fully saturated rings. The van der Waals surface area contributed by atoms with Crippen LogP contribution in [0.25, 0.3) is 0 Å². The van der Waals surface area contributed by atoms with Crippen molar-refractivity contribution in [3.63, 3.8) is 0 Å². The molecule has 0 amide bonds. The van der Waals surface area contributed by atoms with E-state index in [1.807, 2.05) is 13.1 Å². The molecule has 1 atom stereocenters. The molecule has 1 aromatic rings. The highest BCUT2D eigenvalue weighted by atomic mass is 16.3. The predicted octanol–water partition coefficient (Wildman–Crippen LogP) is 1.97. The summed E-state index contributed by atoms with van der Waals surface area (Å²) in [6.45, 7) is 4.67. The third kappa shape index (κ3) is 6.21. The van der Waals surface area contributed by atoms with Crippen molar-refractivity contribution in [2.45, 2.75) is 51.1 Å². The number of aliphatic imine (C=N–C) groups is 1. The number of aliphatic hydroxyl groups excluding tert-OH is 1. The van der Waals surface area contributed by atoms with Gasteiger partial charge in [-0.25, -0.2) is 15.0 Å². The topological polar surface area (TPSA) is 94.5 Å². The molecular weight excluding hydrogens is 352 g/mol. The number of nitrogens with one attached hydrogen (secondary N) is 3. The Kier molecular flexibility index (Phi) is 9.80. The maximum atomic E-state index is 9.05. The molecule has 7 heteroatoms. The van der Waals surface area contributed by atoms with Gasteiger partial charge in [0, 0.05) is 24.7 Å². The van der Waals surface area contributed by atoms with Crippen molar-refractivity contribution in [2.24, 2.45) is 10.9 Å². The number of hydrogen-bond acceptors (Lipinski definition) is 7. The zero-order valence-corrected chi connectivity index (χ0v) is 16.7. The van der Waals surface area contributed by atoms with Crippen molar-refractivity contribution >= 4 is 12.5 Å². The molecule has 1 saturated carbocycles. The number of nitrogens with zero attached hydrogens (tertiary/aromatic N) is 3. The fourth-order valence-electron chi connectivity index (χ4n) is 3.82. The van der Waals surface area contributed by atoms with Gasteiger partial charge in [0.25, 0.3) is 0 Å². The molecule has 7 nitrogen and oxygen atoms in total. The van der Waals surface area contributed by atoms with Crippen LogP contribution in [0.2, 0.25) is 0 Å². The molecule has 28 heavy (non-hydrogen) atoms. The van der Waals surface area contributed by atoms with Crippen molar-refractivity contribution < 1.29 is 5.11 Å². The maximum Gasteiger partial charge on any atom is 0.160 e. The fourth-order valence-corrected chi connectivity index (χ4v) is 3.82. The van der Waals surface area contributed by atoms with Gasteiger partial charge in [-0.05, 0) is 38.6 Å². The van der Waals surface area contributed by atoms with Crippen LogP contribution in [-0.4, -0.2) is 42.2 Å². The minimum absolute atomic E-state index is 0.0994. The predicted molar refractivity (Wildman–Crippen MR) is 113 cm³/mol. The summed E-state index contributed by atoms with van der Waals surface area (Å²) in [6, 6.07) is 0.0994. The first-order chi connectivity index (χ1) is 13.7. The average molecular weight is 385 g/mol. The van der Waals surface area contributed by atoms with Gasteiger partial charge in [-0.3, -0.25) is 10.6 Å². The van der Waals surface area contributed by atoms with E-state index in [-0.39, 0.29) is 12.8 Å². The average Bonchev–Trinajstić information content (AvgIpc) is 2.74. The van der Waals surface area contributed by atoms with Crippen molar-refractivity contribution in [1.29, 1.82) is 0 Å². The monoisotopic (exact) mass is 384 g/mol. The van der Waals surface area contributed by atoms with Gasteiger partial charge in [-0.2, -0.15) is 0 Å². The van der Waals surface area contributed by atoms with E-state index in [1.165, 1.54) is 32.1 Å². The molecule has 4 N–H and O–H groups in total. The van der Waals surface area contributed by atoms with Gasteiger partial charge in [-0.1, -0.05) is 31.3 Å². The number of terminal acetylenes is 1. The first-order valence-corrected chi connectivity index (χ1v) is 9.92. The molecular formula is C21H32N6O. The Hall–Kier alpha value is -2.11. The number of hydrogen-bond donors (Lipinski definition) is 4. The van der Waals surface area contributed by atoms with Crippen molar-refractivity contribution in [2.75, 3.05) is 20.4 Å². The Morgan fingerprint density at radius 3 is 2.79 bits per heavy atom. The molecule has 1 heterocycles. The Bertz CT molecular complexity index is 691. The quantitative estimate of drug-likeness (QED) is 0.265. The zero-order valence-electron chi connectivity index (χ0n) is 16.7. The van der Waals surface area contributed by atoms with Crippen LogP contribution in [0, 0.1) is 18.3 Å². The summed E-state index contributed by atoms with van der Waals surface area (Å²) in [5.41, 5.74) is 1.91. The molecule has 0 aromatic carbocycles. The SMILES string of the molecule is C#C/C=C\Cc1nc(CNCO)nc(N=C)c1C(NCNC)C1CCCCC1. The van der Waals surface area contributed by atoms with E-state index in [2.05, 4.69) is 38.6 Å². The van der Waals surface area contributed by atoms with Crippen LogP contribution in [-0.2, 0) is 13.0 Å². The van der Waals surface area contributed by atoms with Crippen molar-refractivity contribution in [1.82, 2.24) is 25.9 Å². The standard InChI is InChI=1S/C21H32N6O/c1-4-5-7-12-17-19(21(23-3)27-18(26-17)13-24-15-28)20(25-14-22-2)16-10-8-6-9-11-16/h1,5,7,16,20,22,24-25,28H,3,6,8-15H2,2H3/b7-5-. The van der Waals surface area contributed by atoms with Gasteiger partial charge >= 0.3 is 0 Å². The lowest BCUT2D eigenvalue weighted by molar-refractivity contribution is 0.257. The lowest BCUT2D eigenvalue weighted by Gasteiger charge is -2.33. The van der Waals surface area contributed by atoms with Gasteiger partial charge in [-0.15, -0.1) is 6.42 Å². The van der Waals surface area contributed by atoms with Gasteiger partial charge in [0.15, 0.2) is 5.82 Å². The highest BCUT2D eigenvalue weighted by Crippen LogP contribution is 2.38. The van der Waals surface area contributed by atoms with Crippen LogP contribution >= 0.6 is 0 Å².